The first-order valence-electron chi connectivity index (χ1n) is 6.46. The molecule has 0 saturated carbocycles. The Labute approximate surface area is 164 Å². The van der Waals surface area contributed by atoms with E-state index in [9.17, 15) is 0 Å². The quantitative estimate of drug-likeness (QED) is 0.325. The van der Waals surface area contributed by atoms with Crippen LogP contribution < -0.4 is 28.4 Å². The van der Waals surface area contributed by atoms with Crippen molar-refractivity contribution in [1.29, 1.82) is 0 Å². The Kier molecular flexibility index (Phi) is 12.7. The largest absolute Gasteiger partial charge is 4.00 e. The molecule has 1 aliphatic rings. The van der Waals surface area contributed by atoms with Gasteiger partial charge in [-0.15, -0.1) is 6.42 Å². The van der Waals surface area contributed by atoms with E-state index in [4.69, 9.17) is 0 Å². The molecule has 0 fully saturated rings. The average molecular weight is 505 g/mol. The Bertz CT molecular complexity index is 570. The van der Waals surface area contributed by atoms with Gasteiger partial charge in [-0.25, -0.2) is 12.2 Å². The smallest absolute Gasteiger partial charge is 1.00 e. The van der Waals surface area contributed by atoms with Crippen molar-refractivity contribution in [2.24, 2.45) is 0 Å². The van der Waals surface area contributed by atoms with E-state index >= 15 is 0 Å². The Morgan fingerprint density at radius 2 is 1.71 bits per heavy atom. The van der Waals surface area contributed by atoms with Crippen molar-refractivity contribution in [3.8, 4) is 0 Å². The van der Waals surface area contributed by atoms with E-state index in [0.29, 0.717) is 0 Å². The van der Waals surface area contributed by atoms with Gasteiger partial charge in [-0.05, 0) is 0 Å². The Hall–Kier alpha value is 0.572. The fourth-order valence-corrected chi connectivity index (χ4v) is 6.77. The molecule has 0 unspecified atom stereocenters. The molecule has 0 aliphatic heterocycles. The first-order valence-corrected chi connectivity index (χ1v) is 16.4. The zero-order valence-electron chi connectivity index (χ0n) is 12.7. The van der Waals surface area contributed by atoms with E-state index in [2.05, 4.69) is 63.4 Å². The van der Waals surface area contributed by atoms with Gasteiger partial charge in [0.2, 0.25) is 0 Å². The number of hydrogen-bond acceptors (Lipinski definition) is 0. The Balaban J connectivity index is 0. The monoisotopic (exact) mass is 504 g/mol. The number of allylic oxidation sites excluding steroid dienone is 4. The van der Waals surface area contributed by atoms with Crippen molar-refractivity contribution < 1.29 is 51.0 Å². The molecule has 2 aromatic carbocycles. The summed E-state index contributed by atoms with van der Waals surface area (Å²) in [6.45, 7) is 0. The molecule has 0 N–H and O–H groups in total. The molecule has 0 nitrogen and oxygen atoms in total. The standard InChI is InChI=1S/C9H6.C5H5.3CH3.2ClH.Sn.Zr/c1-2-5-9-7-3-6-8(9)4-1;1-2-4-5-3-1;;;;;;;/h1-6H;1-3H,4H2;3*1H3;2*1H;;/q2*-1;;;;;;;+4/p-2. The maximum atomic E-state index is 2.99. The van der Waals surface area contributed by atoms with Crippen molar-refractivity contribution in [2.45, 2.75) is 21.2 Å². The van der Waals surface area contributed by atoms with Gasteiger partial charge in [-0.3, -0.25) is 6.08 Å². The second-order valence-electron chi connectivity index (χ2n) is 5.59. The third kappa shape index (κ3) is 7.12. The molecule has 3 rings (SSSR count). The van der Waals surface area contributed by atoms with E-state index in [1.807, 2.05) is 12.2 Å². The normalized spacial score (nSPS) is 11.8. The van der Waals surface area contributed by atoms with Gasteiger partial charge in [-0.1, -0.05) is 0 Å². The molecule has 0 amide bonds. The maximum Gasteiger partial charge on any atom is 4.00 e. The summed E-state index contributed by atoms with van der Waals surface area (Å²) in [6.07, 6.45) is 10.0. The van der Waals surface area contributed by atoms with Crippen LogP contribution >= 0.6 is 0 Å². The molecule has 0 radical (unpaired) electrons. The SMILES string of the molecule is [C-]1=CC=CC1.[CH3][Sn]([CH3])([CH3])[c-]1ccc2ccccc21.[Cl-].[Cl-].[Zr+4]. The minimum Gasteiger partial charge on any atom is -1.00 e. The summed E-state index contributed by atoms with van der Waals surface area (Å²) >= 11 is -1.86. The summed E-state index contributed by atoms with van der Waals surface area (Å²) in [5.74, 6) is 0. The van der Waals surface area contributed by atoms with Gasteiger partial charge in [0.1, 0.15) is 0 Å². The van der Waals surface area contributed by atoms with Crippen molar-refractivity contribution in [3.05, 3.63) is 60.7 Å². The molecule has 110 valence electrons. The molecule has 0 spiro atoms. The second kappa shape index (κ2) is 11.2. The molecule has 0 aromatic heterocycles. The van der Waals surface area contributed by atoms with Crippen LogP contribution in [0.5, 0.6) is 0 Å². The molecule has 0 atom stereocenters. The Morgan fingerprint density at radius 3 is 2.19 bits per heavy atom. The van der Waals surface area contributed by atoms with Crippen LogP contribution in [0, 0.1) is 6.08 Å². The topological polar surface area (TPSA) is 0 Å². The average Bonchev–Trinajstić information content (AvgIpc) is 3.01. The minimum absolute atomic E-state index is 0. The molecule has 21 heavy (non-hydrogen) atoms. The molecule has 2 aromatic rings. The zero-order chi connectivity index (χ0) is 13.0. The third-order valence-electron chi connectivity index (χ3n) is 3.07. The zero-order valence-corrected chi connectivity index (χ0v) is 19.5. The maximum absolute atomic E-state index is 2.99. The van der Waals surface area contributed by atoms with E-state index in [1.54, 1.807) is 3.58 Å². The van der Waals surface area contributed by atoms with Crippen molar-refractivity contribution in [2.75, 3.05) is 0 Å². The molecule has 0 heterocycles. The number of halogens is 2. The van der Waals surface area contributed by atoms with Gasteiger partial charge in [0.25, 0.3) is 0 Å². The van der Waals surface area contributed by atoms with Crippen LogP contribution in [-0.4, -0.2) is 18.4 Å². The van der Waals surface area contributed by atoms with Gasteiger partial charge in [0.05, 0.1) is 0 Å². The molecular weight excluding hydrogens is 485 g/mol. The summed E-state index contributed by atoms with van der Waals surface area (Å²) in [7, 11) is 0. The van der Waals surface area contributed by atoms with Crippen LogP contribution in [0.4, 0.5) is 0 Å². The number of hydrogen-bond donors (Lipinski definition) is 0. The van der Waals surface area contributed by atoms with Crippen LogP contribution in [0.3, 0.4) is 0 Å². The van der Waals surface area contributed by atoms with E-state index in [0.717, 1.165) is 6.42 Å². The number of rotatable bonds is 1. The second-order valence-corrected chi connectivity index (χ2v) is 20.0. The molecule has 1 aliphatic carbocycles. The summed E-state index contributed by atoms with van der Waals surface area (Å²) in [4.78, 5) is 7.41. The number of benzene rings is 1. The number of fused-ring (bicyclic) bond motifs is 1. The van der Waals surface area contributed by atoms with Crippen LogP contribution in [-0.2, 0) is 26.2 Å². The first-order chi connectivity index (χ1) is 8.59. The molecule has 0 bridgehead atoms. The van der Waals surface area contributed by atoms with Gasteiger partial charge in [0.15, 0.2) is 0 Å². The van der Waals surface area contributed by atoms with Crippen LogP contribution in [0.1, 0.15) is 6.42 Å². The summed E-state index contributed by atoms with van der Waals surface area (Å²) in [5, 5.41) is 2.90. The van der Waals surface area contributed by atoms with Gasteiger partial charge in [0, 0.05) is 0 Å². The molecule has 4 heteroatoms. The van der Waals surface area contributed by atoms with Crippen molar-refractivity contribution in [3.63, 3.8) is 0 Å². The fourth-order valence-electron chi connectivity index (χ4n) is 2.14. The van der Waals surface area contributed by atoms with Crippen LogP contribution in [0.15, 0.2) is 54.6 Å². The van der Waals surface area contributed by atoms with Gasteiger partial charge >= 0.3 is 110 Å². The summed E-state index contributed by atoms with van der Waals surface area (Å²) < 4.78 is 1.66. The van der Waals surface area contributed by atoms with E-state index in [1.165, 1.54) is 10.8 Å². The van der Waals surface area contributed by atoms with Gasteiger partial charge in [-0.2, -0.15) is 6.08 Å². The summed E-state index contributed by atoms with van der Waals surface area (Å²) in [6, 6.07) is 13.3. The minimum atomic E-state index is -1.86. The van der Waals surface area contributed by atoms with E-state index in [-0.39, 0.29) is 51.0 Å². The van der Waals surface area contributed by atoms with Crippen molar-refractivity contribution in [1.82, 2.24) is 0 Å². The fraction of sp³-hybridized carbons (Fsp3) is 0.235. The molecule has 0 saturated heterocycles. The Morgan fingerprint density at radius 1 is 1.05 bits per heavy atom. The van der Waals surface area contributed by atoms with E-state index < -0.39 is 18.4 Å². The van der Waals surface area contributed by atoms with Gasteiger partial charge < -0.3 is 24.8 Å². The van der Waals surface area contributed by atoms with Crippen LogP contribution in [0.2, 0.25) is 14.8 Å². The van der Waals surface area contributed by atoms with Crippen LogP contribution in [0.25, 0.3) is 10.8 Å². The first kappa shape index (κ1) is 23.8. The van der Waals surface area contributed by atoms with Crippen molar-refractivity contribution >= 4 is 32.7 Å². The third-order valence-corrected chi connectivity index (χ3v) is 8.93. The predicted molar refractivity (Wildman–Crippen MR) is 84.1 cm³/mol. The predicted octanol–water partition coefficient (Wildman–Crippen LogP) is -1.58. The molecular formula is C17H20Cl2SnZr. The summed E-state index contributed by atoms with van der Waals surface area (Å²) in [5.41, 5.74) is 0.